The van der Waals surface area contributed by atoms with Gasteiger partial charge in [-0.15, -0.1) is 0 Å². The van der Waals surface area contributed by atoms with Crippen LogP contribution in [0.3, 0.4) is 0 Å². The molecule has 0 atom stereocenters. The lowest BCUT2D eigenvalue weighted by atomic mass is 10.1. The van der Waals surface area contributed by atoms with Gasteiger partial charge in [0.15, 0.2) is 0 Å². The Morgan fingerprint density at radius 2 is 1.83 bits per heavy atom. The molecule has 0 saturated heterocycles. The summed E-state index contributed by atoms with van der Waals surface area (Å²) < 4.78 is 0. The van der Waals surface area contributed by atoms with Gasteiger partial charge in [0.2, 0.25) is 0 Å². The molecule has 2 heteroatoms. The van der Waals surface area contributed by atoms with Gasteiger partial charge in [-0.25, -0.2) is 0 Å². The molecule has 0 unspecified atom stereocenters. The fraction of sp³-hybridized carbons (Fsp3) is 0.100. The number of rotatable bonds is 1. The fourth-order valence-electron chi connectivity index (χ4n) is 1.16. The Bertz CT molecular complexity index is 396. The molecule has 1 aromatic carbocycles. The van der Waals surface area contributed by atoms with Crippen molar-refractivity contribution >= 4 is 11.0 Å². The first-order valence-corrected chi connectivity index (χ1v) is 3.90. The average Bonchev–Trinajstić information content (AvgIpc) is 2.17. The SMILES string of the molecule is C[CH]c1ccc2nccnc2c1. The molecule has 0 amide bonds. The molecule has 12 heavy (non-hydrogen) atoms. The highest BCUT2D eigenvalue weighted by atomic mass is 14.8. The molecular weight excluding hydrogens is 148 g/mol. The Hall–Kier alpha value is -1.44. The zero-order valence-electron chi connectivity index (χ0n) is 6.86. The van der Waals surface area contributed by atoms with Crippen LogP contribution in [0.1, 0.15) is 12.5 Å². The van der Waals surface area contributed by atoms with Gasteiger partial charge in [0.25, 0.3) is 0 Å². The molecule has 1 aromatic heterocycles. The largest absolute Gasteiger partial charge is 0.253 e. The minimum atomic E-state index is 0.947. The summed E-state index contributed by atoms with van der Waals surface area (Å²) in [6, 6.07) is 6.05. The number of fused-ring (bicyclic) bond motifs is 1. The highest BCUT2D eigenvalue weighted by Gasteiger charge is 1.94. The number of benzene rings is 1. The summed E-state index contributed by atoms with van der Waals surface area (Å²) in [6.45, 7) is 2.01. The van der Waals surface area contributed by atoms with Crippen LogP contribution in [0.2, 0.25) is 0 Å². The molecule has 0 aliphatic carbocycles. The molecule has 0 saturated carbocycles. The Morgan fingerprint density at radius 1 is 1.08 bits per heavy atom. The highest BCUT2D eigenvalue weighted by Crippen LogP contribution is 2.11. The van der Waals surface area contributed by atoms with E-state index in [1.165, 1.54) is 5.56 Å². The maximum Gasteiger partial charge on any atom is 0.0889 e. The number of nitrogens with zero attached hydrogens (tertiary/aromatic N) is 2. The fourth-order valence-corrected chi connectivity index (χ4v) is 1.16. The van der Waals surface area contributed by atoms with Crippen LogP contribution in [0.4, 0.5) is 0 Å². The molecule has 0 spiro atoms. The molecule has 1 radical (unpaired) electrons. The molecule has 0 bridgehead atoms. The van der Waals surface area contributed by atoms with Gasteiger partial charge in [-0.1, -0.05) is 13.0 Å². The Labute approximate surface area is 71.3 Å². The molecular formula is C10H9N2. The van der Waals surface area contributed by atoms with Crippen LogP contribution < -0.4 is 0 Å². The lowest BCUT2D eigenvalue weighted by Crippen LogP contribution is -1.83. The predicted molar refractivity (Wildman–Crippen MR) is 48.6 cm³/mol. The predicted octanol–water partition coefficient (Wildman–Crippen LogP) is 2.20. The third kappa shape index (κ3) is 1.16. The van der Waals surface area contributed by atoms with Crippen molar-refractivity contribution in [2.24, 2.45) is 0 Å². The zero-order valence-corrected chi connectivity index (χ0v) is 6.86. The summed E-state index contributed by atoms with van der Waals surface area (Å²) in [5.74, 6) is 0. The Morgan fingerprint density at radius 3 is 2.58 bits per heavy atom. The van der Waals surface area contributed by atoms with Gasteiger partial charge in [0, 0.05) is 12.4 Å². The topological polar surface area (TPSA) is 25.8 Å². The first-order chi connectivity index (χ1) is 5.90. The van der Waals surface area contributed by atoms with Crippen LogP contribution in [0, 0.1) is 6.42 Å². The quantitative estimate of drug-likeness (QED) is 0.634. The van der Waals surface area contributed by atoms with Crippen LogP contribution >= 0.6 is 0 Å². The van der Waals surface area contributed by atoms with Crippen LogP contribution in [0.15, 0.2) is 30.6 Å². The van der Waals surface area contributed by atoms with E-state index in [1.807, 2.05) is 31.5 Å². The highest BCUT2D eigenvalue weighted by molar-refractivity contribution is 5.74. The van der Waals surface area contributed by atoms with Gasteiger partial charge in [-0.05, 0) is 24.1 Å². The van der Waals surface area contributed by atoms with Gasteiger partial charge in [0.05, 0.1) is 11.0 Å². The van der Waals surface area contributed by atoms with Gasteiger partial charge in [0.1, 0.15) is 0 Å². The summed E-state index contributed by atoms with van der Waals surface area (Å²) in [6.07, 6.45) is 5.47. The van der Waals surface area contributed by atoms with Crippen LogP contribution in [0.25, 0.3) is 11.0 Å². The molecule has 59 valence electrons. The third-order valence-electron chi connectivity index (χ3n) is 1.83. The second kappa shape index (κ2) is 2.89. The van der Waals surface area contributed by atoms with Gasteiger partial charge < -0.3 is 0 Å². The van der Waals surface area contributed by atoms with Gasteiger partial charge in [-0.2, -0.15) is 0 Å². The minimum Gasteiger partial charge on any atom is -0.253 e. The van der Waals surface area contributed by atoms with E-state index in [0.717, 1.165) is 11.0 Å². The molecule has 0 aliphatic rings. The van der Waals surface area contributed by atoms with E-state index in [1.54, 1.807) is 12.4 Å². The van der Waals surface area contributed by atoms with Crippen molar-refractivity contribution in [2.45, 2.75) is 6.92 Å². The van der Waals surface area contributed by atoms with E-state index >= 15 is 0 Å². The molecule has 0 aliphatic heterocycles. The monoisotopic (exact) mass is 157 g/mol. The maximum atomic E-state index is 4.21. The van der Waals surface area contributed by atoms with E-state index in [4.69, 9.17) is 0 Å². The van der Waals surface area contributed by atoms with Crippen LogP contribution in [-0.4, -0.2) is 9.97 Å². The molecule has 2 aromatic rings. The van der Waals surface area contributed by atoms with Crippen LogP contribution in [-0.2, 0) is 0 Å². The van der Waals surface area contributed by atoms with Crippen molar-refractivity contribution in [1.82, 2.24) is 9.97 Å². The lowest BCUT2D eigenvalue weighted by molar-refractivity contribution is 1.28. The van der Waals surface area contributed by atoms with Crippen molar-refractivity contribution in [3.8, 4) is 0 Å². The molecule has 0 fully saturated rings. The number of hydrogen-bond acceptors (Lipinski definition) is 2. The summed E-state index contributed by atoms with van der Waals surface area (Å²) in [7, 11) is 0. The van der Waals surface area contributed by atoms with Gasteiger partial charge >= 0.3 is 0 Å². The Balaban J connectivity index is 2.67. The first kappa shape index (κ1) is 7.22. The van der Waals surface area contributed by atoms with Crippen molar-refractivity contribution in [2.75, 3.05) is 0 Å². The molecule has 1 heterocycles. The smallest absolute Gasteiger partial charge is 0.0889 e. The zero-order chi connectivity index (χ0) is 8.39. The Kier molecular flexibility index (Phi) is 1.74. The van der Waals surface area contributed by atoms with Gasteiger partial charge in [-0.3, -0.25) is 9.97 Å². The second-order valence-corrected chi connectivity index (χ2v) is 2.59. The van der Waals surface area contributed by atoms with Crippen molar-refractivity contribution in [3.63, 3.8) is 0 Å². The van der Waals surface area contributed by atoms with E-state index in [9.17, 15) is 0 Å². The minimum absolute atomic E-state index is 0.947. The maximum absolute atomic E-state index is 4.21. The molecule has 0 N–H and O–H groups in total. The standard InChI is InChI=1S/C10H9N2/c1-2-8-3-4-9-10(7-8)12-6-5-11-9/h2-7H,1H3. The van der Waals surface area contributed by atoms with Crippen LogP contribution in [0.5, 0.6) is 0 Å². The average molecular weight is 157 g/mol. The third-order valence-corrected chi connectivity index (χ3v) is 1.83. The summed E-state index contributed by atoms with van der Waals surface area (Å²) >= 11 is 0. The molecule has 2 nitrogen and oxygen atoms in total. The first-order valence-electron chi connectivity index (χ1n) is 3.90. The van der Waals surface area contributed by atoms with E-state index in [-0.39, 0.29) is 0 Å². The van der Waals surface area contributed by atoms with E-state index < -0.39 is 0 Å². The summed E-state index contributed by atoms with van der Waals surface area (Å²) in [5, 5.41) is 0. The lowest BCUT2D eigenvalue weighted by Gasteiger charge is -1.97. The number of aromatic nitrogens is 2. The van der Waals surface area contributed by atoms with E-state index in [0.29, 0.717) is 0 Å². The second-order valence-electron chi connectivity index (χ2n) is 2.59. The van der Waals surface area contributed by atoms with Crippen molar-refractivity contribution < 1.29 is 0 Å². The summed E-state index contributed by atoms with van der Waals surface area (Å²) in [5.41, 5.74) is 3.08. The number of hydrogen-bond donors (Lipinski definition) is 0. The van der Waals surface area contributed by atoms with Crippen molar-refractivity contribution in [3.05, 3.63) is 42.6 Å². The normalized spacial score (nSPS) is 10.4. The van der Waals surface area contributed by atoms with E-state index in [2.05, 4.69) is 9.97 Å². The summed E-state index contributed by atoms with van der Waals surface area (Å²) in [4.78, 5) is 8.39. The molecule has 2 rings (SSSR count). The van der Waals surface area contributed by atoms with Crippen molar-refractivity contribution in [1.29, 1.82) is 0 Å².